The molecule has 2 heterocycles. The third kappa shape index (κ3) is 3.57. The van der Waals surface area contributed by atoms with Gasteiger partial charge in [0.2, 0.25) is 0 Å². The van der Waals surface area contributed by atoms with Crippen LogP contribution in [0.25, 0.3) is 0 Å². The quantitative estimate of drug-likeness (QED) is 0.869. The molecule has 21 heavy (non-hydrogen) atoms. The van der Waals surface area contributed by atoms with E-state index in [1.165, 1.54) is 31.9 Å². The van der Waals surface area contributed by atoms with Crippen LogP contribution >= 0.6 is 12.4 Å². The first kappa shape index (κ1) is 16.3. The maximum Gasteiger partial charge on any atom is 0.337 e. The number of benzene rings is 1. The van der Waals surface area contributed by atoms with Gasteiger partial charge in [0.1, 0.15) is 0 Å². The molecule has 0 radical (unpaired) electrons. The third-order valence-electron chi connectivity index (χ3n) is 4.52. The van der Waals surface area contributed by atoms with Crippen molar-refractivity contribution in [1.82, 2.24) is 10.2 Å². The minimum absolute atomic E-state index is 0. The molecule has 1 N–H and O–H groups in total. The Kier molecular flexibility index (Phi) is 5.62. The molecule has 2 saturated heterocycles. The van der Waals surface area contributed by atoms with Crippen LogP contribution in [-0.4, -0.2) is 43.2 Å². The van der Waals surface area contributed by atoms with Crippen LogP contribution in [-0.2, 0) is 11.3 Å². The highest BCUT2D eigenvalue weighted by molar-refractivity contribution is 5.89. The summed E-state index contributed by atoms with van der Waals surface area (Å²) in [5.74, 6) is -0.257. The van der Waals surface area contributed by atoms with Gasteiger partial charge in [-0.05, 0) is 43.5 Å². The Balaban J connectivity index is 0.00000161. The van der Waals surface area contributed by atoms with Crippen LogP contribution in [0.15, 0.2) is 24.3 Å². The van der Waals surface area contributed by atoms with Gasteiger partial charge >= 0.3 is 5.97 Å². The summed E-state index contributed by atoms with van der Waals surface area (Å²) in [5, 5.41) is 3.52. The predicted molar refractivity (Wildman–Crippen MR) is 84.9 cm³/mol. The second-order valence-corrected chi connectivity index (χ2v) is 5.74. The lowest BCUT2D eigenvalue weighted by Gasteiger charge is -2.27. The van der Waals surface area contributed by atoms with Crippen LogP contribution in [0.2, 0.25) is 0 Å². The van der Waals surface area contributed by atoms with E-state index in [0.717, 1.165) is 19.6 Å². The minimum atomic E-state index is -0.257. The molecule has 0 saturated carbocycles. The average Bonchev–Trinajstić information content (AvgIpc) is 2.71. The van der Waals surface area contributed by atoms with Gasteiger partial charge in [0.15, 0.2) is 0 Å². The van der Waals surface area contributed by atoms with E-state index in [1.54, 1.807) is 0 Å². The van der Waals surface area contributed by atoms with Crippen LogP contribution in [0.3, 0.4) is 0 Å². The van der Waals surface area contributed by atoms with Gasteiger partial charge < -0.3 is 10.1 Å². The predicted octanol–water partition coefficient (Wildman–Crippen LogP) is 2.22. The second-order valence-electron chi connectivity index (χ2n) is 5.74. The average molecular weight is 311 g/mol. The number of ether oxygens (including phenoxy) is 1. The van der Waals surface area contributed by atoms with Crippen LogP contribution in [0.1, 0.15) is 35.2 Å². The minimum Gasteiger partial charge on any atom is -0.465 e. The van der Waals surface area contributed by atoms with Gasteiger partial charge in [-0.3, -0.25) is 4.90 Å². The Bertz CT molecular complexity index is 481. The largest absolute Gasteiger partial charge is 0.465 e. The molecule has 116 valence electrons. The van der Waals surface area contributed by atoms with Gasteiger partial charge in [-0.15, -0.1) is 12.4 Å². The molecule has 2 fully saturated rings. The number of nitrogens with one attached hydrogen (secondary N) is 1. The Labute approximate surface area is 132 Å². The van der Waals surface area contributed by atoms with E-state index >= 15 is 0 Å². The van der Waals surface area contributed by atoms with E-state index in [0.29, 0.717) is 17.6 Å². The molecule has 2 bridgehead atoms. The summed E-state index contributed by atoms with van der Waals surface area (Å²) in [7, 11) is 1.43. The summed E-state index contributed by atoms with van der Waals surface area (Å²) in [4.78, 5) is 14.2. The maximum absolute atomic E-state index is 11.6. The lowest BCUT2D eigenvalue weighted by molar-refractivity contribution is 0.0600. The Hall–Kier alpha value is -1.10. The summed E-state index contributed by atoms with van der Waals surface area (Å²) >= 11 is 0. The summed E-state index contributed by atoms with van der Waals surface area (Å²) in [6.45, 7) is 3.15. The topological polar surface area (TPSA) is 41.6 Å². The van der Waals surface area contributed by atoms with Crippen LogP contribution in [0, 0.1) is 0 Å². The van der Waals surface area contributed by atoms with Gasteiger partial charge in [0.05, 0.1) is 12.7 Å². The molecule has 2 aliphatic heterocycles. The normalized spacial score (nSPS) is 25.0. The first-order valence-corrected chi connectivity index (χ1v) is 7.41. The standard InChI is InChI=1S/C16H22N2O2.ClH/c1-20-16(19)13-4-2-3-12(9-13)11-18-14-5-6-15(18)10-17-8-7-14;/h2-4,9,14-15,17H,5-8,10-11H2,1H3;1H. The molecule has 1 aromatic carbocycles. The van der Waals surface area contributed by atoms with Gasteiger partial charge in [-0.25, -0.2) is 4.79 Å². The molecule has 0 aliphatic carbocycles. The molecule has 3 rings (SSSR count). The molecule has 0 aromatic heterocycles. The molecular weight excluding hydrogens is 288 g/mol. The number of rotatable bonds is 3. The summed E-state index contributed by atoms with van der Waals surface area (Å²) in [6, 6.07) is 9.16. The van der Waals surface area contributed by atoms with Crippen LogP contribution in [0.5, 0.6) is 0 Å². The number of halogens is 1. The van der Waals surface area contributed by atoms with E-state index in [9.17, 15) is 4.79 Å². The monoisotopic (exact) mass is 310 g/mol. The van der Waals surface area contributed by atoms with Crippen molar-refractivity contribution in [2.75, 3.05) is 20.2 Å². The van der Waals surface area contributed by atoms with Crippen molar-refractivity contribution >= 4 is 18.4 Å². The molecule has 0 spiro atoms. The number of methoxy groups -OCH3 is 1. The van der Waals surface area contributed by atoms with E-state index in [1.807, 2.05) is 18.2 Å². The molecular formula is C16H23ClN2O2. The fraction of sp³-hybridized carbons (Fsp3) is 0.562. The van der Waals surface area contributed by atoms with Crippen molar-refractivity contribution in [2.24, 2.45) is 0 Å². The lowest BCUT2D eigenvalue weighted by Crippen LogP contribution is -2.37. The molecule has 5 heteroatoms. The molecule has 2 unspecified atom stereocenters. The van der Waals surface area contributed by atoms with Gasteiger partial charge in [0, 0.05) is 25.2 Å². The molecule has 2 aliphatic rings. The summed E-state index contributed by atoms with van der Waals surface area (Å²) in [6.07, 6.45) is 3.82. The Morgan fingerprint density at radius 1 is 1.33 bits per heavy atom. The number of fused-ring (bicyclic) bond motifs is 2. The first-order chi connectivity index (χ1) is 9.78. The van der Waals surface area contributed by atoms with Crippen LogP contribution < -0.4 is 5.32 Å². The van der Waals surface area contributed by atoms with Crippen molar-refractivity contribution in [1.29, 1.82) is 0 Å². The number of nitrogens with zero attached hydrogens (tertiary/aromatic N) is 1. The number of carbonyl (C=O) groups is 1. The van der Waals surface area contributed by atoms with Crippen molar-refractivity contribution in [3.05, 3.63) is 35.4 Å². The molecule has 0 amide bonds. The van der Waals surface area contributed by atoms with E-state index in [2.05, 4.69) is 16.3 Å². The van der Waals surface area contributed by atoms with E-state index in [-0.39, 0.29) is 18.4 Å². The van der Waals surface area contributed by atoms with E-state index in [4.69, 9.17) is 4.74 Å². The lowest BCUT2D eigenvalue weighted by atomic mass is 10.1. The summed E-state index contributed by atoms with van der Waals surface area (Å²) < 4.78 is 4.79. The van der Waals surface area contributed by atoms with Crippen molar-refractivity contribution in [3.8, 4) is 0 Å². The first-order valence-electron chi connectivity index (χ1n) is 7.41. The fourth-order valence-electron chi connectivity index (χ4n) is 3.46. The van der Waals surface area contributed by atoms with Crippen molar-refractivity contribution < 1.29 is 9.53 Å². The zero-order chi connectivity index (χ0) is 13.9. The number of hydrogen-bond acceptors (Lipinski definition) is 4. The number of carbonyl (C=O) groups excluding carboxylic acids is 1. The maximum atomic E-state index is 11.6. The smallest absolute Gasteiger partial charge is 0.337 e. The fourth-order valence-corrected chi connectivity index (χ4v) is 3.46. The Morgan fingerprint density at radius 3 is 2.95 bits per heavy atom. The van der Waals surface area contributed by atoms with Crippen molar-refractivity contribution in [3.63, 3.8) is 0 Å². The van der Waals surface area contributed by atoms with Crippen LogP contribution in [0.4, 0.5) is 0 Å². The summed E-state index contributed by atoms with van der Waals surface area (Å²) in [5.41, 5.74) is 1.84. The molecule has 1 aromatic rings. The third-order valence-corrected chi connectivity index (χ3v) is 4.52. The highest BCUT2D eigenvalue weighted by atomic mass is 35.5. The second kappa shape index (κ2) is 7.25. The van der Waals surface area contributed by atoms with E-state index < -0.39 is 0 Å². The highest BCUT2D eigenvalue weighted by Crippen LogP contribution is 2.29. The van der Waals surface area contributed by atoms with Gasteiger partial charge in [-0.2, -0.15) is 0 Å². The van der Waals surface area contributed by atoms with Crippen molar-refractivity contribution in [2.45, 2.75) is 37.9 Å². The SMILES string of the molecule is COC(=O)c1cccc(CN2C3CCNCC2CC3)c1.Cl. The Morgan fingerprint density at radius 2 is 2.14 bits per heavy atom. The zero-order valence-electron chi connectivity index (χ0n) is 12.4. The highest BCUT2D eigenvalue weighted by Gasteiger charge is 2.34. The zero-order valence-corrected chi connectivity index (χ0v) is 13.2. The number of hydrogen-bond donors (Lipinski definition) is 1. The van der Waals surface area contributed by atoms with Gasteiger partial charge in [-0.1, -0.05) is 12.1 Å². The van der Waals surface area contributed by atoms with Gasteiger partial charge in [0.25, 0.3) is 0 Å². The molecule has 2 atom stereocenters. The molecule has 4 nitrogen and oxygen atoms in total. The number of esters is 1.